The van der Waals surface area contributed by atoms with Crippen molar-refractivity contribution in [3.05, 3.63) is 29.6 Å². The molecule has 0 saturated carbocycles. The number of hydrogen-bond donors (Lipinski definition) is 0. The highest BCUT2D eigenvalue weighted by atomic mass is 16.1. The predicted octanol–water partition coefficient (Wildman–Crippen LogP) is 1.52. The molecule has 0 bridgehead atoms. The SMILES string of the molecule is Cc1cccc(CCC=O)n1. The van der Waals surface area contributed by atoms with Crippen LogP contribution in [-0.2, 0) is 11.2 Å². The van der Waals surface area contributed by atoms with E-state index in [1.165, 1.54) is 0 Å². The Balaban J connectivity index is 2.63. The molecule has 1 heterocycles. The van der Waals surface area contributed by atoms with E-state index >= 15 is 0 Å². The highest BCUT2D eigenvalue weighted by Crippen LogP contribution is 1.99. The van der Waals surface area contributed by atoms with E-state index in [9.17, 15) is 4.79 Å². The summed E-state index contributed by atoms with van der Waals surface area (Å²) in [4.78, 5) is 14.3. The maximum Gasteiger partial charge on any atom is 0.120 e. The van der Waals surface area contributed by atoms with Gasteiger partial charge in [0.2, 0.25) is 0 Å². The molecule has 0 fully saturated rings. The zero-order valence-electron chi connectivity index (χ0n) is 6.58. The van der Waals surface area contributed by atoms with E-state index in [2.05, 4.69) is 4.98 Å². The molecule has 0 atom stereocenters. The molecule has 0 aromatic carbocycles. The van der Waals surface area contributed by atoms with Gasteiger partial charge >= 0.3 is 0 Å². The summed E-state index contributed by atoms with van der Waals surface area (Å²) in [6.07, 6.45) is 2.24. The highest BCUT2D eigenvalue weighted by molar-refractivity contribution is 5.49. The van der Waals surface area contributed by atoms with E-state index < -0.39 is 0 Å². The number of carbonyl (C=O) groups excluding carboxylic acids is 1. The first-order chi connectivity index (χ1) is 5.33. The minimum atomic E-state index is 0.566. The van der Waals surface area contributed by atoms with Crippen LogP contribution in [0.4, 0.5) is 0 Å². The Bertz CT molecular complexity index is 245. The van der Waals surface area contributed by atoms with Gasteiger partial charge in [-0.1, -0.05) is 6.07 Å². The fourth-order valence-electron chi connectivity index (χ4n) is 0.946. The van der Waals surface area contributed by atoms with Crippen molar-refractivity contribution < 1.29 is 4.79 Å². The van der Waals surface area contributed by atoms with Crippen LogP contribution >= 0.6 is 0 Å². The quantitative estimate of drug-likeness (QED) is 0.610. The number of pyridine rings is 1. The standard InChI is InChI=1S/C9H11NO/c1-8-4-2-5-9(10-8)6-3-7-11/h2,4-5,7H,3,6H2,1H3. The molecule has 1 aromatic heterocycles. The Labute approximate surface area is 66.3 Å². The van der Waals surface area contributed by atoms with E-state index in [-0.39, 0.29) is 0 Å². The third-order valence-electron chi connectivity index (χ3n) is 1.46. The average molecular weight is 149 g/mol. The van der Waals surface area contributed by atoms with E-state index in [4.69, 9.17) is 0 Å². The van der Waals surface area contributed by atoms with Crippen LogP contribution in [0.1, 0.15) is 17.8 Å². The number of nitrogens with zero attached hydrogens (tertiary/aromatic N) is 1. The summed E-state index contributed by atoms with van der Waals surface area (Å²) < 4.78 is 0. The number of aryl methyl sites for hydroxylation is 2. The van der Waals surface area contributed by atoms with Gasteiger partial charge in [-0.15, -0.1) is 0 Å². The van der Waals surface area contributed by atoms with Gasteiger partial charge < -0.3 is 4.79 Å². The molecule has 1 aromatic rings. The molecule has 2 heteroatoms. The van der Waals surface area contributed by atoms with Crippen molar-refractivity contribution in [1.29, 1.82) is 0 Å². The second-order valence-electron chi connectivity index (χ2n) is 2.48. The Morgan fingerprint density at radius 1 is 1.55 bits per heavy atom. The first kappa shape index (κ1) is 7.92. The lowest BCUT2D eigenvalue weighted by Gasteiger charge is -1.96. The molecular weight excluding hydrogens is 138 g/mol. The van der Waals surface area contributed by atoms with Gasteiger partial charge in [-0.05, 0) is 25.5 Å². The molecule has 0 amide bonds. The summed E-state index contributed by atoms with van der Waals surface area (Å²) in [6.45, 7) is 1.95. The molecule has 0 saturated heterocycles. The fourth-order valence-corrected chi connectivity index (χ4v) is 0.946. The van der Waals surface area contributed by atoms with Crippen molar-refractivity contribution in [2.24, 2.45) is 0 Å². The topological polar surface area (TPSA) is 30.0 Å². The first-order valence-corrected chi connectivity index (χ1v) is 3.69. The van der Waals surface area contributed by atoms with Crippen LogP contribution in [0.25, 0.3) is 0 Å². The fraction of sp³-hybridized carbons (Fsp3) is 0.333. The van der Waals surface area contributed by atoms with Gasteiger partial charge in [0.15, 0.2) is 0 Å². The maximum atomic E-state index is 10.0. The zero-order chi connectivity index (χ0) is 8.10. The molecule has 0 spiro atoms. The second-order valence-corrected chi connectivity index (χ2v) is 2.48. The number of aromatic nitrogens is 1. The third-order valence-corrected chi connectivity index (χ3v) is 1.46. The molecule has 0 radical (unpaired) electrons. The molecule has 0 N–H and O–H groups in total. The van der Waals surface area contributed by atoms with Crippen LogP contribution in [0.15, 0.2) is 18.2 Å². The minimum absolute atomic E-state index is 0.566. The maximum absolute atomic E-state index is 10.0. The lowest BCUT2D eigenvalue weighted by atomic mass is 10.2. The smallest absolute Gasteiger partial charge is 0.120 e. The van der Waals surface area contributed by atoms with Crippen LogP contribution in [-0.4, -0.2) is 11.3 Å². The molecule has 1 rings (SSSR count). The van der Waals surface area contributed by atoms with E-state index in [0.717, 1.165) is 24.1 Å². The first-order valence-electron chi connectivity index (χ1n) is 3.69. The molecule has 0 aliphatic rings. The highest BCUT2D eigenvalue weighted by Gasteiger charge is 1.92. The lowest BCUT2D eigenvalue weighted by Crippen LogP contribution is -1.91. The molecule has 2 nitrogen and oxygen atoms in total. The predicted molar refractivity (Wildman–Crippen MR) is 43.4 cm³/mol. The van der Waals surface area contributed by atoms with E-state index in [0.29, 0.717) is 6.42 Å². The molecule has 58 valence electrons. The van der Waals surface area contributed by atoms with Crippen LogP contribution in [0.2, 0.25) is 0 Å². The van der Waals surface area contributed by atoms with E-state index in [1.54, 1.807) is 0 Å². The largest absolute Gasteiger partial charge is 0.303 e. The number of rotatable bonds is 3. The van der Waals surface area contributed by atoms with Gasteiger partial charge in [-0.2, -0.15) is 0 Å². The van der Waals surface area contributed by atoms with Crippen LogP contribution in [0.5, 0.6) is 0 Å². The summed E-state index contributed by atoms with van der Waals surface area (Å²) in [5, 5.41) is 0. The monoisotopic (exact) mass is 149 g/mol. The molecular formula is C9H11NO. The van der Waals surface area contributed by atoms with Crippen molar-refractivity contribution in [2.75, 3.05) is 0 Å². The van der Waals surface area contributed by atoms with Crippen LogP contribution < -0.4 is 0 Å². The van der Waals surface area contributed by atoms with Crippen molar-refractivity contribution in [1.82, 2.24) is 4.98 Å². The average Bonchev–Trinajstić information content (AvgIpc) is 2.01. The summed E-state index contributed by atoms with van der Waals surface area (Å²) in [6, 6.07) is 5.85. The van der Waals surface area contributed by atoms with E-state index in [1.807, 2.05) is 25.1 Å². The van der Waals surface area contributed by atoms with Gasteiger partial charge in [0.05, 0.1) is 0 Å². The molecule has 0 aliphatic carbocycles. The minimum Gasteiger partial charge on any atom is -0.303 e. The Morgan fingerprint density at radius 3 is 3.00 bits per heavy atom. The van der Waals surface area contributed by atoms with Gasteiger partial charge in [0, 0.05) is 17.8 Å². The Hall–Kier alpha value is -1.18. The Kier molecular flexibility index (Phi) is 2.78. The summed E-state index contributed by atoms with van der Waals surface area (Å²) in [7, 11) is 0. The van der Waals surface area contributed by atoms with Crippen LogP contribution in [0, 0.1) is 6.92 Å². The van der Waals surface area contributed by atoms with Gasteiger partial charge in [-0.25, -0.2) is 0 Å². The zero-order valence-corrected chi connectivity index (χ0v) is 6.58. The summed E-state index contributed by atoms with van der Waals surface area (Å²) >= 11 is 0. The van der Waals surface area contributed by atoms with Crippen molar-refractivity contribution in [2.45, 2.75) is 19.8 Å². The molecule has 0 unspecified atom stereocenters. The van der Waals surface area contributed by atoms with Crippen LogP contribution in [0.3, 0.4) is 0 Å². The summed E-state index contributed by atoms with van der Waals surface area (Å²) in [5.41, 5.74) is 2.01. The number of aldehydes is 1. The molecule has 0 aliphatic heterocycles. The lowest BCUT2D eigenvalue weighted by molar-refractivity contribution is -0.107. The molecule has 11 heavy (non-hydrogen) atoms. The van der Waals surface area contributed by atoms with Gasteiger partial charge in [0.1, 0.15) is 6.29 Å². The van der Waals surface area contributed by atoms with Gasteiger partial charge in [0.25, 0.3) is 0 Å². The normalized spacial score (nSPS) is 9.55. The van der Waals surface area contributed by atoms with Crippen molar-refractivity contribution in [3.63, 3.8) is 0 Å². The third kappa shape index (κ3) is 2.50. The Morgan fingerprint density at radius 2 is 2.36 bits per heavy atom. The number of hydrogen-bond acceptors (Lipinski definition) is 2. The van der Waals surface area contributed by atoms with Gasteiger partial charge in [-0.3, -0.25) is 4.98 Å². The second kappa shape index (κ2) is 3.86. The van der Waals surface area contributed by atoms with Crippen molar-refractivity contribution in [3.8, 4) is 0 Å². The number of carbonyl (C=O) groups is 1. The summed E-state index contributed by atoms with van der Waals surface area (Å²) in [5.74, 6) is 0. The van der Waals surface area contributed by atoms with Crippen molar-refractivity contribution >= 4 is 6.29 Å².